The van der Waals surface area contributed by atoms with Crippen molar-refractivity contribution in [1.82, 2.24) is 57.3 Å². The Morgan fingerprint density at radius 1 is 0.566 bits per heavy atom. The molecule has 3 heterocycles. The molecule has 19 heteroatoms. The maximum Gasteiger partial charge on any atom is 0.270 e. The number of aryl methyl sites for hydroxylation is 2. The van der Waals surface area contributed by atoms with Crippen LogP contribution in [0.2, 0.25) is 0 Å². The maximum absolute atomic E-state index is 14.6. The number of pyridine rings is 1. The van der Waals surface area contributed by atoms with Gasteiger partial charge in [-0.3, -0.25) is 43.3 Å². The number of likely N-dealkylation sites (tertiary alicyclic amines) is 2. The molecule has 0 saturated carbocycles. The van der Waals surface area contributed by atoms with Gasteiger partial charge in [-0.2, -0.15) is 0 Å². The summed E-state index contributed by atoms with van der Waals surface area (Å²) in [5.74, 6) is -3.48. The van der Waals surface area contributed by atoms with Gasteiger partial charge in [0.15, 0.2) is 0 Å². The molecule has 2 aliphatic carbocycles. The van der Waals surface area contributed by atoms with Gasteiger partial charge in [0, 0.05) is 31.4 Å². The minimum absolute atomic E-state index is 0.00627. The molecule has 410 valence electrons. The Kier molecular flexibility index (Phi) is 18.1. The number of rotatable bonds is 16. The van der Waals surface area contributed by atoms with Gasteiger partial charge in [0.05, 0.1) is 29.7 Å². The molecule has 10 atom stereocenters. The molecule has 19 nitrogen and oxygen atoms in total. The number of carbonyl (C=O) groups is 8. The minimum Gasteiger partial charge on any atom is -0.347 e. The van der Waals surface area contributed by atoms with Crippen LogP contribution >= 0.6 is 0 Å². The van der Waals surface area contributed by atoms with Gasteiger partial charge in [0.1, 0.15) is 29.9 Å². The lowest BCUT2D eigenvalue weighted by atomic mass is 9.85. The average Bonchev–Trinajstić information content (AvgIpc) is 4.03. The highest BCUT2D eigenvalue weighted by molar-refractivity contribution is 5.98. The summed E-state index contributed by atoms with van der Waals surface area (Å²) in [6, 6.07) is 11.9. The van der Waals surface area contributed by atoms with Crippen molar-refractivity contribution in [2.75, 3.05) is 27.2 Å². The van der Waals surface area contributed by atoms with Gasteiger partial charge >= 0.3 is 0 Å². The molecule has 76 heavy (non-hydrogen) atoms. The van der Waals surface area contributed by atoms with E-state index in [1.54, 1.807) is 27.9 Å². The van der Waals surface area contributed by atoms with Crippen LogP contribution in [0.15, 0.2) is 66.9 Å². The Hall–Kier alpha value is -6.73. The third kappa shape index (κ3) is 13.3. The van der Waals surface area contributed by atoms with Crippen molar-refractivity contribution < 1.29 is 38.4 Å². The fourth-order valence-electron chi connectivity index (χ4n) is 10.8. The Balaban J connectivity index is 1.06. The average molecular weight is 1050 g/mol. The fraction of sp³-hybridized carbons (Fsp3) is 0.561. The third-order valence-electron chi connectivity index (χ3n) is 15.5. The van der Waals surface area contributed by atoms with Crippen LogP contribution in [-0.2, 0) is 41.6 Å². The van der Waals surface area contributed by atoms with E-state index in [-0.39, 0.29) is 72.9 Å². The van der Waals surface area contributed by atoms with Crippen LogP contribution in [0.1, 0.15) is 149 Å². The third-order valence-corrected chi connectivity index (χ3v) is 15.5. The van der Waals surface area contributed by atoms with Crippen molar-refractivity contribution in [3.8, 4) is 0 Å². The van der Waals surface area contributed by atoms with Crippen LogP contribution in [0.4, 0.5) is 0 Å². The van der Waals surface area contributed by atoms with E-state index in [4.69, 9.17) is 0 Å². The Morgan fingerprint density at radius 3 is 1.38 bits per heavy atom. The van der Waals surface area contributed by atoms with E-state index in [0.29, 0.717) is 0 Å². The van der Waals surface area contributed by atoms with Crippen molar-refractivity contribution in [3.63, 3.8) is 0 Å². The fourth-order valence-corrected chi connectivity index (χ4v) is 10.8. The highest BCUT2D eigenvalue weighted by Crippen LogP contribution is 2.34. The first kappa shape index (κ1) is 57.0. The maximum atomic E-state index is 14.6. The van der Waals surface area contributed by atoms with Gasteiger partial charge < -0.3 is 52.3 Å². The summed E-state index contributed by atoms with van der Waals surface area (Å²) in [5.41, 5.74) is 3.03. The van der Waals surface area contributed by atoms with E-state index >= 15 is 0 Å². The number of benzene rings is 2. The summed E-state index contributed by atoms with van der Waals surface area (Å²) in [4.78, 5) is 119. The lowest BCUT2D eigenvalue weighted by molar-refractivity contribution is -0.144. The highest BCUT2D eigenvalue weighted by Gasteiger charge is 2.48. The summed E-state index contributed by atoms with van der Waals surface area (Å²) in [6.45, 7) is 14.4. The number of carbonyl (C=O) groups excluding carboxylic acids is 8. The van der Waals surface area contributed by atoms with Crippen LogP contribution in [-0.4, -0.2) is 138 Å². The van der Waals surface area contributed by atoms with Crippen LogP contribution in [0.5, 0.6) is 0 Å². The molecule has 0 bridgehead atoms. The lowest BCUT2D eigenvalue weighted by Crippen LogP contribution is -2.59. The van der Waals surface area contributed by atoms with E-state index in [1.165, 1.54) is 28.1 Å². The second-order valence-corrected chi connectivity index (χ2v) is 23.2. The molecular formula is C57H79N11O8. The topological polar surface area (TPSA) is 252 Å². The van der Waals surface area contributed by atoms with Gasteiger partial charge in [-0.25, -0.2) is 0 Å². The summed E-state index contributed by atoms with van der Waals surface area (Å²) < 4.78 is 0. The molecular weight excluding hydrogens is 967 g/mol. The van der Waals surface area contributed by atoms with Gasteiger partial charge in [0.25, 0.3) is 11.8 Å². The van der Waals surface area contributed by atoms with Crippen LogP contribution in [0.3, 0.4) is 0 Å². The molecule has 2 aromatic carbocycles. The molecule has 2 fully saturated rings. The molecule has 0 unspecified atom stereocenters. The Bertz CT molecular complexity index is 2470. The van der Waals surface area contributed by atoms with Gasteiger partial charge in [-0.1, -0.05) is 90.1 Å². The molecule has 3 aromatic rings. The van der Waals surface area contributed by atoms with E-state index in [9.17, 15) is 38.4 Å². The van der Waals surface area contributed by atoms with Gasteiger partial charge in [-0.05, 0) is 125 Å². The molecule has 8 amide bonds. The monoisotopic (exact) mass is 1050 g/mol. The molecule has 1 aromatic heterocycles. The Labute approximate surface area is 447 Å². The van der Waals surface area contributed by atoms with Crippen molar-refractivity contribution in [3.05, 3.63) is 100 Å². The first-order chi connectivity index (χ1) is 36.0. The van der Waals surface area contributed by atoms with E-state index < -0.39 is 82.8 Å². The molecule has 0 radical (unpaired) electrons. The molecule has 7 rings (SSSR count). The number of nitrogens with one attached hydrogen (secondary N) is 8. The SMILES string of the molecule is CN[C@@H](C)C(=O)N[C@H](C(=O)N1C[C@@H](NC(=O)c2ccc(C(=O)N[C@@H]3C[C@@H](C(=O)N[C@@H]4CCCc5ccccc54)N(C(=O)[C@@H](NC(=O)[C@H](C)NC)C(C)(C)C)C3)nc2)C[C@H]1C(=O)N[C@@H]1CCCc2ccccc21)C(C)(C)C. The van der Waals surface area contributed by atoms with Crippen molar-refractivity contribution >= 4 is 47.3 Å². The second kappa shape index (κ2) is 24.1. The second-order valence-electron chi connectivity index (χ2n) is 23.2. The highest BCUT2D eigenvalue weighted by atomic mass is 16.2. The summed E-state index contributed by atoms with van der Waals surface area (Å²) in [6.07, 6.45) is 6.51. The summed E-state index contributed by atoms with van der Waals surface area (Å²) >= 11 is 0. The molecule has 4 aliphatic rings. The zero-order valence-corrected chi connectivity index (χ0v) is 45.8. The number of fused-ring (bicyclic) bond motifs is 2. The van der Waals surface area contributed by atoms with Crippen molar-refractivity contribution in [2.45, 2.75) is 167 Å². The number of nitrogens with zero attached hydrogens (tertiary/aromatic N) is 3. The number of amides is 8. The molecule has 2 aliphatic heterocycles. The summed E-state index contributed by atoms with van der Waals surface area (Å²) in [5, 5.41) is 24.0. The minimum atomic E-state index is -0.993. The quantitative estimate of drug-likeness (QED) is 0.104. The number of hydrogen-bond acceptors (Lipinski definition) is 11. The van der Waals surface area contributed by atoms with Gasteiger partial charge in [0.2, 0.25) is 35.4 Å². The van der Waals surface area contributed by atoms with E-state index in [1.807, 2.05) is 77.9 Å². The predicted molar refractivity (Wildman–Crippen MR) is 287 cm³/mol. The predicted octanol–water partition coefficient (Wildman–Crippen LogP) is 3.15. The first-order valence-electron chi connectivity index (χ1n) is 26.9. The van der Waals surface area contributed by atoms with Crippen molar-refractivity contribution in [1.29, 1.82) is 0 Å². The van der Waals surface area contributed by atoms with Crippen LogP contribution in [0, 0.1) is 10.8 Å². The zero-order chi connectivity index (χ0) is 55.2. The Morgan fingerprint density at radius 2 is 0.987 bits per heavy atom. The van der Waals surface area contributed by atoms with Crippen molar-refractivity contribution in [2.24, 2.45) is 10.8 Å². The number of aromatic nitrogens is 1. The standard InChI is InChI=1S/C57H79N11O8/c1-32(58-9)48(69)65-46(56(3,4)5)54(75)67-30-37(27-44(67)52(73)63-41-23-15-19-34-17-11-13-21-39(34)41)61-50(71)36-25-26-43(60-29-36)51(72)62-38-28-45(53(74)64-42-24-16-20-35-18-12-14-22-40(35)42)68(31-38)55(76)47(57(6,7)8)66-49(70)33(2)59-10/h11-14,17-18,21-22,25-26,29,32-33,37-38,41-42,44-47,58-59H,15-16,19-20,23-24,27-28,30-31H2,1-10H3,(H,61,71)(H,62,72)(H,63,73)(H,64,74)(H,65,69)(H,66,70)/t32-,33-,37-,38+,41+,42+,44-,45-,46+,47+/m0/s1. The normalized spacial score (nSPS) is 22.9. The summed E-state index contributed by atoms with van der Waals surface area (Å²) in [7, 11) is 3.30. The number of likely N-dealkylation sites (N-methyl/N-ethyl adjacent to an activating group) is 2. The van der Waals surface area contributed by atoms with Gasteiger partial charge in [-0.15, -0.1) is 0 Å². The van der Waals surface area contributed by atoms with Crippen LogP contribution < -0.4 is 42.5 Å². The van der Waals surface area contributed by atoms with E-state index in [2.05, 4.69) is 59.7 Å². The zero-order valence-electron chi connectivity index (χ0n) is 45.8. The smallest absolute Gasteiger partial charge is 0.270 e. The van der Waals surface area contributed by atoms with E-state index in [0.717, 1.165) is 60.8 Å². The first-order valence-corrected chi connectivity index (χ1v) is 26.9. The number of hydrogen-bond donors (Lipinski definition) is 8. The molecule has 0 spiro atoms. The molecule has 2 saturated heterocycles. The van der Waals surface area contributed by atoms with Crippen LogP contribution in [0.25, 0.3) is 0 Å². The molecule has 8 N–H and O–H groups in total. The lowest BCUT2D eigenvalue weighted by Gasteiger charge is -2.36. The largest absolute Gasteiger partial charge is 0.347 e.